The molecule has 1 aliphatic rings. The van der Waals surface area contributed by atoms with Crippen molar-refractivity contribution in [3.05, 3.63) is 35.4 Å². The minimum Gasteiger partial charge on any atom is -0.379 e. The summed E-state index contributed by atoms with van der Waals surface area (Å²) in [5, 5.41) is 3.18. The molecule has 22 heavy (non-hydrogen) atoms. The van der Waals surface area contributed by atoms with E-state index >= 15 is 0 Å². The molecule has 0 aromatic heterocycles. The van der Waals surface area contributed by atoms with E-state index < -0.39 is 0 Å². The summed E-state index contributed by atoms with van der Waals surface area (Å²) in [6.45, 7) is 8.55. The van der Waals surface area contributed by atoms with E-state index in [0.717, 1.165) is 58.8 Å². The van der Waals surface area contributed by atoms with Crippen LogP contribution in [-0.4, -0.2) is 56.8 Å². The molecule has 1 aromatic rings. The van der Waals surface area contributed by atoms with Crippen molar-refractivity contribution in [2.24, 2.45) is 10.7 Å². The predicted octanol–water partition coefficient (Wildman–Crippen LogP) is 1.16. The fourth-order valence-electron chi connectivity index (χ4n) is 2.46. The lowest BCUT2D eigenvalue weighted by Gasteiger charge is -2.26. The summed E-state index contributed by atoms with van der Waals surface area (Å²) < 4.78 is 5.33. The van der Waals surface area contributed by atoms with Crippen LogP contribution in [-0.2, 0) is 11.2 Å². The van der Waals surface area contributed by atoms with E-state index in [-0.39, 0.29) is 0 Å². The van der Waals surface area contributed by atoms with E-state index in [9.17, 15) is 0 Å². The Hall–Kier alpha value is -1.59. The first-order valence-corrected chi connectivity index (χ1v) is 8.13. The second-order valence-electron chi connectivity index (χ2n) is 5.74. The molecule has 0 amide bonds. The van der Waals surface area contributed by atoms with Crippen LogP contribution in [0.2, 0.25) is 0 Å². The molecule has 1 fully saturated rings. The second-order valence-corrected chi connectivity index (χ2v) is 5.74. The number of benzene rings is 1. The lowest BCUT2D eigenvalue weighted by atomic mass is 10.1. The molecule has 0 aliphatic carbocycles. The van der Waals surface area contributed by atoms with E-state index in [1.165, 1.54) is 11.1 Å². The molecule has 1 aliphatic heterocycles. The normalized spacial score (nSPS) is 16.7. The van der Waals surface area contributed by atoms with Gasteiger partial charge in [-0.25, -0.2) is 0 Å². The molecule has 0 spiro atoms. The molecule has 122 valence electrons. The summed E-state index contributed by atoms with van der Waals surface area (Å²) in [7, 11) is 0. The molecule has 0 bridgehead atoms. The van der Waals surface area contributed by atoms with Crippen LogP contribution in [0, 0.1) is 6.92 Å². The number of morpholine rings is 1. The Morgan fingerprint density at radius 1 is 1.27 bits per heavy atom. The van der Waals surface area contributed by atoms with Crippen LogP contribution in [0.15, 0.2) is 29.3 Å². The van der Waals surface area contributed by atoms with Crippen LogP contribution >= 0.6 is 0 Å². The van der Waals surface area contributed by atoms with Gasteiger partial charge in [0.05, 0.1) is 13.2 Å². The van der Waals surface area contributed by atoms with Crippen LogP contribution in [0.3, 0.4) is 0 Å². The lowest BCUT2D eigenvalue weighted by molar-refractivity contribution is 0.0377. The van der Waals surface area contributed by atoms with Crippen LogP contribution in [0.25, 0.3) is 0 Å². The molecule has 2 rings (SSSR count). The highest BCUT2D eigenvalue weighted by Crippen LogP contribution is 2.03. The van der Waals surface area contributed by atoms with Crippen molar-refractivity contribution < 1.29 is 4.74 Å². The molecule has 5 nitrogen and oxygen atoms in total. The molecule has 1 aromatic carbocycles. The number of guanidine groups is 1. The van der Waals surface area contributed by atoms with Crippen molar-refractivity contribution in [2.75, 3.05) is 45.9 Å². The molecule has 5 heteroatoms. The van der Waals surface area contributed by atoms with Crippen molar-refractivity contribution in [2.45, 2.75) is 19.8 Å². The van der Waals surface area contributed by atoms with Gasteiger partial charge in [-0.2, -0.15) is 0 Å². The Morgan fingerprint density at radius 3 is 2.73 bits per heavy atom. The highest BCUT2D eigenvalue weighted by molar-refractivity contribution is 5.77. The number of rotatable bonds is 7. The van der Waals surface area contributed by atoms with Crippen LogP contribution < -0.4 is 11.1 Å². The van der Waals surface area contributed by atoms with Gasteiger partial charge in [0.15, 0.2) is 5.96 Å². The van der Waals surface area contributed by atoms with E-state index in [1.807, 2.05) is 0 Å². The topological polar surface area (TPSA) is 62.9 Å². The average molecular weight is 304 g/mol. The molecule has 0 unspecified atom stereocenters. The molecular weight excluding hydrogens is 276 g/mol. The Balaban J connectivity index is 1.56. The van der Waals surface area contributed by atoms with E-state index in [4.69, 9.17) is 10.5 Å². The lowest BCUT2D eigenvalue weighted by Crippen LogP contribution is -2.37. The van der Waals surface area contributed by atoms with Crippen molar-refractivity contribution in [3.8, 4) is 0 Å². The summed E-state index contributed by atoms with van der Waals surface area (Å²) in [6, 6.07) is 8.59. The van der Waals surface area contributed by atoms with Gasteiger partial charge in [0.2, 0.25) is 0 Å². The first kappa shape index (κ1) is 16.8. The summed E-state index contributed by atoms with van der Waals surface area (Å²) in [5.41, 5.74) is 8.49. The summed E-state index contributed by atoms with van der Waals surface area (Å²) in [6.07, 6.45) is 2.00. The van der Waals surface area contributed by atoms with Crippen molar-refractivity contribution in [1.82, 2.24) is 10.2 Å². The van der Waals surface area contributed by atoms with Gasteiger partial charge < -0.3 is 15.8 Å². The zero-order valence-corrected chi connectivity index (χ0v) is 13.6. The zero-order chi connectivity index (χ0) is 15.6. The van der Waals surface area contributed by atoms with E-state index in [2.05, 4.69) is 46.4 Å². The third-order valence-electron chi connectivity index (χ3n) is 3.86. The van der Waals surface area contributed by atoms with Gasteiger partial charge in [-0.3, -0.25) is 9.89 Å². The molecule has 3 N–H and O–H groups in total. The maximum Gasteiger partial charge on any atom is 0.188 e. The van der Waals surface area contributed by atoms with E-state index in [0.29, 0.717) is 5.96 Å². The second kappa shape index (κ2) is 9.43. The first-order chi connectivity index (χ1) is 10.7. The van der Waals surface area contributed by atoms with Gasteiger partial charge in [0.1, 0.15) is 0 Å². The minimum absolute atomic E-state index is 0.550. The molecule has 0 atom stereocenters. The van der Waals surface area contributed by atoms with Gasteiger partial charge in [-0.1, -0.05) is 29.8 Å². The largest absolute Gasteiger partial charge is 0.379 e. The Morgan fingerprint density at radius 2 is 2.00 bits per heavy atom. The number of nitrogens with two attached hydrogens (primary N) is 1. The summed E-state index contributed by atoms with van der Waals surface area (Å²) >= 11 is 0. The fourth-order valence-corrected chi connectivity index (χ4v) is 2.46. The summed E-state index contributed by atoms with van der Waals surface area (Å²) in [5.74, 6) is 0.550. The third-order valence-corrected chi connectivity index (χ3v) is 3.86. The van der Waals surface area contributed by atoms with Crippen molar-refractivity contribution in [3.63, 3.8) is 0 Å². The van der Waals surface area contributed by atoms with Gasteiger partial charge in [0.25, 0.3) is 0 Å². The number of aliphatic imine (C=N–C) groups is 1. The maximum absolute atomic E-state index is 5.89. The van der Waals surface area contributed by atoms with E-state index in [1.54, 1.807) is 0 Å². The summed E-state index contributed by atoms with van der Waals surface area (Å²) in [4.78, 5) is 6.80. The van der Waals surface area contributed by atoms with Crippen molar-refractivity contribution >= 4 is 5.96 Å². The molecule has 1 heterocycles. The quantitative estimate of drug-likeness (QED) is 0.451. The fraction of sp³-hybridized carbons (Fsp3) is 0.588. The van der Waals surface area contributed by atoms with Crippen LogP contribution in [0.1, 0.15) is 17.5 Å². The SMILES string of the molecule is Cc1ccc(CCNC(N)=NCCCN2CCOCC2)cc1. The molecule has 0 saturated carbocycles. The Bertz CT molecular complexity index is 452. The van der Waals surface area contributed by atoms with Gasteiger partial charge in [-0.05, 0) is 25.3 Å². The molecular formula is C17H28N4O. The monoisotopic (exact) mass is 304 g/mol. The van der Waals surface area contributed by atoms with Crippen LogP contribution in [0.4, 0.5) is 0 Å². The van der Waals surface area contributed by atoms with Gasteiger partial charge >= 0.3 is 0 Å². The maximum atomic E-state index is 5.89. The van der Waals surface area contributed by atoms with Crippen LogP contribution in [0.5, 0.6) is 0 Å². The van der Waals surface area contributed by atoms with Gasteiger partial charge in [-0.15, -0.1) is 0 Å². The zero-order valence-electron chi connectivity index (χ0n) is 13.6. The number of nitrogens with zero attached hydrogens (tertiary/aromatic N) is 2. The molecule has 0 radical (unpaired) electrons. The number of hydrogen-bond donors (Lipinski definition) is 2. The predicted molar refractivity (Wildman–Crippen MR) is 91.3 cm³/mol. The smallest absolute Gasteiger partial charge is 0.188 e. The Labute approximate surface area is 133 Å². The standard InChI is InChI=1S/C17H28N4O/c1-15-3-5-16(6-4-15)7-9-20-17(18)19-8-2-10-21-11-13-22-14-12-21/h3-6H,2,7-14H2,1H3,(H3,18,19,20). The molecule has 1 saturated heterocycles. The average Bonchev–Trinajstić information content (AvgIpc) is 2.54. The third kappa shape index (κ3) is 6.45. The minimum atomic E-state index is 0.550. The van der Waals surface area contributed by atoms with Crippen molar-refractivity contribution in [1.29, 1.82) is 0 Å². The number of aryl methyl sites for hydroxylation is 1. The number of nitrogens with one attached hydrogen (secondary N) is 1. The van der Waals surface area contributed by atoms with Gasteiger partial charge in [0, 0.05) is 32.7 Å². The Kier molecular flexibility index (Phi) is 7.19. The number of hydrogen-bond acceptors (Lipinski definition) is 3. The number of ether oxygens (including phenoxy) is 1. The highest BCUT2D eigenvalue weighted by Gasteiger charge is 2.08. The first-order valence-electron chi connectivity index (χ1n) is 8.13. The highest BCUT2D eigenvalue weighted by atomic mass is 16.5.